The zero-order valence-electron chi connectivity index (χ0n) is 12.0. The summed E-state index contributed by atoms with van der Waals surface area (Å²) in [6, 6.07) is 1.83. The first-order chi connectivity index (χ1) is 10.1. The van der Waals surface area contributed by atoms with Crippen LogP contribution in [0.1, 0.15) is 40.9 Å². The van der Waals surface area contributed by atoms with Gasteiger partial charge in [0, 0.05) is 12.5 Å². The van der Waals surface area contributed by atoms with Gasteiger partial charge in [-0.2, -0.15) is 0 Å². The fourth-order valence-corrected chi connectivity index (χ4v) is 3.29. The molecule has 114 valence electrons. The summed E-state index contributed by atoms with van der Waals surface area (Å²) in [7, 11) is 0. The van der Waals surface area contributed by atoms with Crippen LogP contribution in [0, 0.1) is 12.8 Å². The summed E-state index contributed by atoms with van der Waals surface area (Å²) in [5.74, 6) is -0.127. The lowest BCUT2D eigenvalue weighted by Gasteiger charge is -2.09. The quantitative estimate of drug-likeness (QED) is 0.849. The molecule has 1 aliphatic heterocycles. The molecular formula is C15H19NO4S. The standard InChI is InChI=1S/C15H19NO4S/c1-9-7-12(16-14(17)10-4-5-10)21-13(9)15(18)20-8-11-3-2-6-19-11/h7,10-11H,2-6,8H2,1H3,(H,16,17). The fourth-order valence-electron chi connectivity index (χ4n) is 2.33. The number of amides is 1. The minimum absolute atomic E-state index is 0.0308. The number of esters is 1. The Balaban J connectivity index is 1.57. The summed E-state index contributed by atoms with van der Waals surface area (Å²) in [5, 5.41) is 3.58. The third-order valence-electron chi connectivity index (χ3n) is 3.72. The van der Waals surface area contributed by atoms with Crippen molar-refractivity contribution < 1.29 is 19.1 Å². The van der Waals surface area contributed by atoms with Crippen LogP contribution in [0.5, 0.6) is 0 Å². The van der Waals surface area contributed by atoms with Crippen molar-refractivity contribution in [2.75, 3.05) is 18.5 Å². The zero-order chi connectivity index (χ0) is 14.8. The van der Waals surface area contributed by atoms with E-state index in [1.54, 1.807) is 0 Å². The Hall–Kier alpha value is -1.40. The zero-order valence-corrected chi connectivity index (χ0v) is 12.8. The maximum absolute atomic E-state index is 12.1. The first-order valence-corrected chi connectivity index (χ1v) is 8.15. The second-order valence-corrected chi connectivity index (χ2v) is 6.67. The average Bonchev–Trinajstić information content (AvgIpc) is 3.06. The molecule has 0 aromatic carbocycles. The molecule has 0 spiro atoms. The molecule has 21 heavy (non-hydrogen) atoms. The number of hydrogen-bond acceptors (Lipinski definition) is 5. The van der Waals surface area contributed by atoms with Gasteiger partial charge in [0.25, 0.3) is 0 Å². The molecule has 2 aliphatic rings. The lowest BCUT2D eigenvalue weighted by atomic mass is 10.2. The highest BCUT2D eigenvalue weighted by atomic mass is 32.1. The van der Waals surface area contributed by atoms with Gasteiger partial charge in [-0.25, -0.2) is 4.79 Å². The number of anilines is 1. The summed E-state index contributed by atoms with van der Waals surface area (Å²) in [5.41, 5.74) is 0.837. The van der Waals surface area contributed by atoms with Gasteiger partial charge in [0.1, 0.15) is 11.5 Å². The summed E-state index contributed by atoms with van der Waals surface area (Å²) in [6.07, 6.45) is 3.93. The molecule has 1 unspecified atom stereocenters. The molecule has 0 radical (unpaired) electrons. The van der Waals surface area contributed by atoms with Gasteiger partial charge >= 0.3 is 5.97 Å². The van der Waals surface area contributed by atoms with Crippen molar-refractivity contribution in [3.8, 4) is 0 Å². The van der Waals surface area contributed by atoms with Gasteiger partial charge in [-0.3, -0.25) is 4.79 Å². The highest BCUT2D eigenvalue weighted by molar-refractivity contribution is 7.18. The highest BCUT2D eigenvalue weighted by Gasteiger charge is 2.30. The van der Waals surface area contributed by atoms with Crippen LogP contribution in [-0.2, 0) is 14.3 Å². The number of nitrogens with one attached hydrogen (secondary N) is 1. The monoisotopic (exact) mass is 309 g/mol. The molecule has 1 atom stereocenters. The molecule has 2 fully saturated rings. The van der Waals surface area contributed by atoms with E-state index in [2.05, 4.69) is 5.32 Å². The molecule has 1 aromatic rings. The number of ether oxygens (including phenoxy) is 2. The van der Waals surface area contributed by atoms with Crippen LogP contribution >= 0.6 is 11.3 Å². The van der Waals surface area contributed by atoms with Crippen molar-refractivity contribution >= 4 is 28.2 Å². The van der Waals surface area contributed by atoms with E-state index in [1.165, 1.54) is 11.3 Å². The van der Waals surface area contributed by atoms with Gasteiger partial charge in [-0.05, 0) is 44.2 Å². The van der Waals surface area contributed by atoms with Crippen molar-refractivity contribution in [1.82, 2.24) is 0 Å². The van der Waals surface area contributed by atoms with E-state index >= 15 is 0 Å². The lowest BCUT2D eigenvalue weighted by molar-refractivity contribution is -0.117. The third kappa shape index (κ3) is 3.63. The Kier molecular flexibility index (Phi) is 4.26. The van der Waals surface area contributed by atoms with Gasteiger partial charge in [0.05, 0.1) is 11.1 Å². The second kappa shape index (κ2) is 6.15. The van der Waals surface area contributed by atoms with Crippen LogP contribution in [0.25, 0.3) is 0 Å². The van der Waals surface area contributed by atoms with Gasteiger partial charge < -0.3 is 14.8 Å². The van der Waals surface area contributed by atoms with E-state index in [4.69, 9.17) is 9.47 Å². The fraction of sp³-hybridized carbons (Fsp3) is 0.600. The number of carbonyl (C=O) groups is 2. The van der Waals surface area contributed by atoms with Crippen LogP contribution < -0.4 is 5.32 Å². The summed E-state index contributed by atoms with van der Waals surface area (Å²) < 4.78 is 10.7. The largest absolute Gasteiger partial charge is 0.459 e. The maximum atomic E-state index is 12.1. The second-order valence-electron chi connectivity index (χ2n) is 5.62. The predicted octanol–water partition coefficient (Wildman–Crippen LogP) is 2.74. The molecule has 1 aromatic heterocycles. The maximum Gasteiger partial charge on any atom is 0.348 e. The van der Waals surface area contributed by atoms with Gasteiger partial charge in [-0.1, -0.05) is 0 Å². The number of aryl methyl sites for hydroxylation is 1. The van der Waals surface area contributed by atoms with E-state index in [0.29, 0.717) is 16.5 Å². The lowest BCUT2D eigenvalue weighted by Crippen LogP contribution is -2.17. The van der Waals surface area contributed by atoms with Crippen LogP contribution in [0.2, 0.25) is 0 Å². The smallest absolute Gasteiger partial charge is 0.348 e. The summed E-state index contributed by atoms with van der Waals surface area (Å²) in [6.45, 7) is 2.91. The molecule has 0 bridgehead atoms. The first-order valence-electron chi connectivity index (χ1n) is 7.33. The molecule has 1 saturated heterocycles. The third-order valence-corrected chi connectivity index (χ3v) is 4.85. The van der Waals surface area contributed by atoms with Crippen molar-refractivity contribution in [2.45, 2.75) is 38.7 Å². The van der Waals surface area contributed by atoms with Crippen LogP contribution in [0.3, 0.4) is 0 Å². The Morgan fingerprint density at radius 1 is 1.43 bits per heavy atom. The molecule has 1 N–H and O–H groups in total. The predicted molar refractivity (Wildman–Crippen MR) is 79.7 cm³/mol. The Morgan fingerprint density at radius 2 is 2.24 bits per heavy atom. The summed E-state index contributed by atoms with van der Waals surface area (Å²) >= 11 is 1.28. The van der Waals surface area contributed by atoms with Gasteiger partial charge in [0.2, 0.25) is 5.91 Å². The van der Waals surface area contributed by atoms with Gasteiger partial charge in [0.15, 0.2) is 0 Å². The van der Waals surface area contributed by atoms with Crippen LogP contribution in [0.4, 0.5) is 5.00 Å². The van der Waals surface area contributed by atoms with Crippen LogP contribution in [-0.4, -0.2) is 31.2 Å². The van der Waals surface area contributed by atoms with E-state index in [9.17, 15) is 9.59 Å². The minimum atomic E-state index is -0.333. The summed E-state index contributed by atoms with van der Waals surface area (Å²) in [4.78, 5) is 24.4. The Morgan fingerprint density at radius 3 is 2.90 bits per heavy atom. The molecule has 5 nitrogen and oxygen atoms in total. The normalized spacial score (nSPS) is 21.3. The molecule has 1 amide bonds. The average molecular weight is 309 g/mol. The van der Waals surface area contributed by atoms with E-state index < -0.39 is 0 Å². The Bertz CT molecular complexity index is 544. The van der Waals surface area contributed by atoms with E-state index in [0.717, 1.165) is 37.9 Å². The minimum Gasteiger partial charge on any atom is -0.459 e. The number of hydrogen-bond donors (Lipinski definition) is 1. The molecule has 1 saturated carbocycles. The Labute approximate surface area is 127 Å². The van der Waals surface area contributed by atoms with Crippen molar-refractivity contribution in [1.29, 1.82) is 0 Å². The number of rotatable bonds is 5. The molecule has 3 rings (SSSR count). The number of thiophene rings is 1. The number of carbonyl (C=O) groups excluding carboxylic acids is 2. The molecule has 6 heteroatoms. The van der Waals surface area contributed by atoms with E-state index in [1.807, 2.05) is 13.0 Å². The molecule has 1 aliphatic carbocycles. The molecule has 2 heterocycles. The highest BCUT2D eigenvalue weighted by Crippen LogP contribution is 2.33. The first kappa shape index (κ1) is 14.5. The van der Waals surface area contributed by atoms with Crippen LogP contribution in [0.15, 0.2) is 6.07 Å². The van der Waals surface area contributed by atoms with Crippen molar-refractivity contribution in [2.24, 2.45) is 5.92 Å². The topological polar surface area (TPSA) is 64.6 Å². The van der Waals surface area contributed by atoms with Crippen molar-refractivity contribution in [3.05, 3.63) is 16.5 Å². The molecular weight excluding hydrogens is 290 g/mol. The SMILES string of the molecule is Cc1cc(NC(=O)C2CC2)sc1C(=O)OCC1CCCO1. The van der Waals surface area contributed by atoms with Gasteiger partial charge in [-0.15, -0.1) is 11.3 Å². The van der Waals surface area contributed by atoms with E-state index in [-0.39, 0.29) is 23.9 Å². The van der Waals surface area contributed by atoms with Crippen molar-refractivity contribution in [3.63, 3.8) is 0 Å².